The van der Waals surface area contributed by atoms with E-state index in [1.54, 1.807) is 67.1 Å². The van der Waals surface area contributed by atoms with Crippen LogP contribution in [0.3, 0.4) is 0 Å². The molecule has 0 radical (unpaired) electrons. The normalized spacial score (nSPS) is 13.6. The van der Waals surface area contributed by atoms with Crippen molar-refractivity contribution in [2.45, 2.75) is 25.5 Å². The smallest absolute Gasteiger partial charge is 0.335 e. The van der Waals surface area contributed by atoms with Crippen LogP contribution in [0.1, 0.15) is 44.3 Å². The summed E-state index contributed by atoms with van der Waals surface area (Å²) in [5.41, 5.74) is 7.73. The van der Waals surface area contributed by atoms with Gasteiger partial charge < -0.3 is 19.4 Å². The van der Waals surface area contributed by atoms with Crippen LogP contribution in [0, 0.1) is 40.9 Å². The molecule has 0 N–H and O–H groups in total. The number of aryl methyl sites for hydroxylation is 4. The van der Waals surface area contributed by atoms with E-state index in [1.165, 1.54) is 36.4 Å². The fraction of sp³-hybridized carbons (Fsp3) is 0.0625. The number of rotatable bonds is 11. The van der Waals surface area contributed by atoms with Crippen molar-refractivity contribution in [3.63, 3.8) is 0 Å². The standard InChI is InChI=1S/C64H40N7.Ir/c65-40-51-37-48(57-16-8-10-31-67-57)26-24-44(51)22-20-42-34-43(21-23-45-25-27-49(38-52(45)41-66)58-17-9-11-32-68-58)36-50(35-42)54-15-5-4-14-53(54)47-28-29-56-61(39-47)71-60-19-7-6-18-59(60)70-64(71)62-55(30-33-69-63(56)62)46-12-2-1-3-13-46;/h1-19,24-25,28,30-39H,20-23H2;/q-3;+3/i20D2,21D2,22D2,23D2;. The maximum atomic E-state index is 10.5. The molecule has 72 heavy (non-hydrogen) atoms. The van der Waals surface area contributed by atoms with Crippen molar-refractivity contribution in [1.82, 2.24) is 24.3 Å². The van der Waals surface area contributed by atoms with Gasteiger partial charge in [0.15, 0.2) is 0 Å². The number of para-hydroxylation sites is 2. The fourth-order valence-corrected chi connectivity index (χ4v) is 9.09. The second-order valence-electron chi connectivity index (χ2n) is 16.7. The molecule has 0 bridgehead atoms. The Hall–Kier alpha value is -8.91. The van der Waals surface area contributed by atoms with Crippen molar-refractivity contribution >= 4 is 38.5 Å². The molecular weight excluding hydrogens is 1060 g/mol. The van der Waals surface area contributed by atoms with Crippen LogP contribution < -0.4 is 0 Å². The zero-order valence-electron chi connectivity index (χ0n) is 45.9. The SMILES string of the molecule is [2H]C([2H])(c1cc(-c2ccccc2-c2c[c-]c3c4nccc(-c5ccccc5)c4c4nc5ccccc5n4c3c2)cc(C([2H])([2H])C([2H])([2H])c2c[c-]c(-c3ccccn3)cc2C#N)c1)C([2H])([2H])c1c[c-]c(-c2ccccn2)cc1C#N.[Ir+3]. The van der Waals surface area contributed by atoms with Crippen LogP contribution in [-0.4, -0.2) is 24.3 Å². The van der Waals surface area contributed by atoms with E-state index in [1.807, 2.05) is 97.1 Å². The van der Waals surface area contributed by atoms with Crippen molar-refractivity contribution in [2.24, 2.45) is 0 Å². The summed E-state index contributed by atoms with van der Waals surface area (Å²) < 4.78 is 79.6. The Morgan fingerprint density at radius 2 is 1.10 bits per heavy atom. The van der Waals surface area contributed by atoms with Gasteiger partial charge in [0.1, 0.15) is 5.65 Å². The first-order valence-corrected chi connectivity index (χ1v) is 22.7. The molecule has 8 heteroatoms. The number of imidazole rings is 1. The Morgan fingerprint density at radius 3 is 1.72 bits per heavy atom. The number of aromatic nitrogens is 5. The van der Waals surface area contributed by atoms with Gasteiger partial charge in [0.2, 0.25) is 0 Å². The topological polar surface area (TPSA) is 104 Å². The molecule has 0 aliphatic carbocycles. The second kappa shape index (κ2) is 19.8. The number of pyridine rings is 4. The van der Waals surface area contributed by atoms with Gasteiger partial charge in [-0.1, -0.05) is 133 Å². The average Bonchev–Trinajstić information content (AvgIpc) is 4.10. The maximum Gasteiger partial charge on any atom is 3.00 e. The van der Waals surface area contributed by atoms with Crippen LogP contribution in [0.15, 0.2) is 195 Å². The number of benzene rings is 7. The van der Waals surface area contributed by atoms with Gasteiger partial charge in [-0.3, -0.25) is 0 Å². The molecule has 340 valence electrons. The third-order valence-corrected chi connectivity index (χ3v) is 12.4. The number of nitrogens with zero attached hydrogens (tertiary/aromatic N) is 7. The van der Waals surface area contributed by atoms with Crippen molar-refractivity contribution < 1.29 is 31.1 Å². The molecule has 0 saturated heterocycles. The Morgan fingerprint density at radius 1 is 0.500 bits per heavy atom. The zero-order valence-corrected chi connectivity index (χ0v) is 40.3. The molecule has 7 aromatic carbocycles. The average molecular weight is 1110 g/mol. The van der Waals surface area contributed by atoms with Crippen molar-refractivity contribution in [3.05, 3.63) is 246 Å². The predicted molar refractivity (Wildman–Crippen MR) is 282 cm³/mol. The van der Waals surface area contributed by atoms with Gasteiger partial charge in [-0.05, 0) is 104 Å². The zero-order chi connectivity index (χ0) is 54.8. The molecule has 5 heterocycles. The quantitative estimate of drug-likeness (QED) is 0.0944. The van der Waals surface area contributed by atoms with Gasteiger partial charge >= 0.3 is 20.1 Å². The predicted octanol–water partition coefficient (Wildman–Crippen LogP) is 14.0. The number of nitriles is 2. The van der Waals surface area contributed by atoms with Crippen LogP contribution in [0.5, 0.6) is 0 Å². The van der Waals surface area contributed by atoms with Gasteiger partial charge in [0.25, 0.3) is 0 Å². The van der Waals surface area contributed by atoms with E-state index in [9.17, 15) is 21.5 Å². The number of hydrogen-bond donors (Lipinski definition) is 0. The molecule has 0 saturated carbocycles. The molecule has 7 nitrogen and oxygen atoms in total. The fourth-order valence-electron chi connectivity index (χ4n) is 9.09. The van der Waals surface area contributed by atoms with Gasteiger partial charge in [-0.25, -0.2) is 4.98 Å². The number of fused-ring (bicyclic) bond motifs is 8. The van der Waals surface area contributed by atoms with Crippen LogP contribution >= 0.6 is 0 Å². The van der Waals surface area contributed by atoms with Crippen molar-refractivity contribution in [2.75, 3.05) is 0 Å². The maximum absolute atomic E-state index is 10.5. The van der Waals surface area contributed by atoms with E-state index < -0.39 is 25.5 Å². The minimum Gasteiger partial charge on any atom is -0.335 e. The molecule has 0 aliphatic heterocycles. The second-order valence-corrected chi connectivity index (χ2v) is 16.7. The van der Waals surface area contributed by atoms with Crippen LogP contribution in [-0.2, 0) is 45.6 Å². The first-order chi connectivity index (χ1) is 38.1. The van der Waals surface area contributed by atoms with Crippen LogP contribution in [0.25, 0.3) is 94.4 Å². The molecule has 0 amide bonds. The first-order valence-electron chi connectivity index (χ1n) is 26.7. The first kappa shape index (κ1) is 37.0. The molecule has 0 aliphatic rings. The monoisotopic (exact) mass is 1110 g/mol. The molecule has 0 fully saturated rings. The number of hydrogen-bond acceptors (Lipinski definition) is 6. The summed E-state index contributed by atoms with van der Waals surface area (Å²) in [6, 6.07) is 64.3. The van der Waals surface area contributed by atoms with Gasteiger partial charge in [0, 0.05) is 40.5 Å². The Balaban J connectivity index is 0.00000675. The van der Waals surface area contributed by atoms with E-state index in [0.717, 1.165) is 44.5 Å². The van der Waals surface area contributed by atoms with Gasteiger partial charge in [-0.15, -0.1) is 82.2 Å². The van der Waals surface area contributed by atoms with Crippen LogP contribution in [0.2, 0.25) is 0 Å². The third kappa shape index (κ3) is 8.61. The van der Waals surface area contributed by atoms with E-state index in [-0.39, 0.29) is 59.0 Å². The summed E-state index contributed by atoms with van der Waals surface area (Å²) in [5, 5.41) is 22.5. The summed E-state index contributed by atoms with van der Waals surface area (Å²) in [5.74, 6) is 0. The molecule has 0 atom stereocenters. The molecule has 12 aromatic rings. The van der Waals surface area contributed by atoms with Crippen LogP contribution in [0.4, 0.5) is 0 Å². The van der Waals surface area contributed by atoms with Gasteiger partial charge in [0.05, 0.1) is 23.2 Å². The Kier molecular flexibility index (Phi) is 10.2. The summed E-state index contributed by atoms with van der Waals surface area (Å²) in [6.45, 7) is 0. The molecule has 0 unspecified atom stereocenters. The summed E-state index contributed by atoms with van der Waals surface area (Å²) >= 11 is 0. The van der Waals surface area contributed by atoms with Crippen molar-refractivity contribution in [3.8, 4) is 68.0 Å². The third-order valence-electron chi connectivity index (χ3n) is 12.4. The van der Waals surface area contributed by atoms with Gasteiger partial charge in [-0.2, -0.15) is 10.5 Å². The van der Waals surface area contributed by atoms with E-state index >= 15 is 0 Å². The van der Waals surface area contributed by atoms with E-state index in [0.29, 0.717) is 50.4 Å². The Bertz CT molecular complexity index is 4340. The molecular formula is C64H40IrN7. The summed E-state index contributed by atoms with van der Waals surface area (Å²) in [4.78, 5) is 18.8. The van der Waals surface area contributed by atoms with E-state index in [4.69, 9.17) is 9.97 Å². The molecule has 12 rings (SSSR count). The summed E-state index contributed by atoms with van der Waals surface area (Å²) in [7, 11) is 0. The largest absolute Gasteiger partial charge is 3.00 e. The summed E-state index contributed by atoms with van der Waals surface area (Å²) in [6.07, 6.45) is -7.11. The minimum atomic E-state index is -3.03. The van der Waals surface area contributed by atoms with Crippen molar-refractivity contribution in [1.29, 1.82) is 10.5 Å². The van der Waals surface area contributed by atoms with E-state index in [2.05, 4.69) is 32.6 Å². The molecule has 5 aromatic heterocycles. The Labute approximate surface area is 442 Å². The molecule has 0 spiro atoms. The minimum absolute atomic E-state index is 0.